The predicted octanol–water partition coefficient (Wildman–Crippen LogP) is 6.47. The van der Waals surface area contributed by atoms with E-state index < -0.39 is 17.8 Å². The largest absolute Gasteiger partial charge is 0.493 e. The smallest absolute Gasteiger partial charge is 0.343 e. The van der Waals surface area contributed by atoms with Crippen LogP contribution in [0.2, 0.25) is 0 Å². The van der Waals surface area contributed by atoms with E-state index in [4.69, 9.17) is 9.47 Å². The maximum absolute atomic E-state index is 13.8. The van der Waals surface area contributed by atoms with Crippen molar-refractivity contribution in [1.82, 2.24) is 0 Å². The van der Waals surface area contributed by atoms with E-state index in [0.717, 1.165) is 26.5 Å². The minimum atomic E-state index is -0.724. The quantitative estimate of drug-likeness (QED) is 0.201. The van der Waals surface area contributed by atoms with Gasteiger partial charge >= 0.3 is 6.03 Å². The highest BCUT2D eigenvalue weighted by molar-refractivity contribution is 6.46. The molecule has 4 amide bonds. The Kier molecular flexibility index (Phi) is 7.46. The van der Waals surface area contributed by atoms with Crippen LogP contribution in [0.5, 0.6) is 11.5 Å². The van der Waals surface area contributed by atoms with E-state index in [0.29, 0.717) is 35.0 Å². The fraction of sp³-hybridized carbons (Fsp3) is 0.121. The van der Waals surface area contributed by atoms with E-state index in [1.807, 2.05) is 68.4 Å². The summed E-state index contributed by atoms with van der Waals surface area (Å²) in [6, 6.07) is 28.3. The number of nitrogens with zero attached hydrogens (tertiary/aromatic N) is 2. The number of urea groups is 1. The van der Waals surface area contributed by atoms with Gasteiger partial charge in [-0.3, -0.25) is 9.59 Å². The summed E-state index contributed by atoms with van der Waals surface area (Å²) in [5, 5.41) is 0. The normalized spacial score (nSPS) is 13.5. The average molecular weight is 533 g/mol. The Morgan fingerprint density at radius 2 is 1.23 bits per heavy atom. The molecule has 0 aliphatic carbocycles. The van der Waals surface area contributed by atoms with Crippen molar-refractivity contribution in [3.05, 3.63) is 125 Å². The van der Waals surface area contributed by atoms with Crippen molar-refractivity contribution in [3.63, 3.8) is 0 Å². The van der Waals surface area contributed by atoms with Crippen molar-refractivity contribution in [2.45, 2.75) is 20.5 Å². The van der Waals surface area contributed by atoms with Crippen LogP contribution in [-0.4, -0.2) is 25.0 Å². The van der Waals surface area contributed by atoms with E-state index in [-0.39, 0.29) is 5.57 Å². The van der Waals surface area contributed by atoms with Gasteiger partial charge in [-0.1, -0.05) is 72.8 Å². The summed E-state index contributed by atoms with van der Waals surface area (Å²) in [5.74, 6) is -0.424. The molecule has 0 spiro atoms. The molecule has 0 atom stereocenters. The second-order valence-electron chi connectivity index (χ2n) is 9.38. The first-order valence-corrected chi connectivity index (χ1v) is 12.8. The summed E-state index contributed by atoms with van der Waals surface area (Å²) in [7, 11) is 1.52. The van der Waals surface area contributed by atoms with Crippen LogP contribution in [0, 0.1) is 13.8 Å². The number of ether oxygens (including phenoxy) is 2. The van der Waals surface area contributed by atoms with Crippen molar-refractivity contribution >= 4 is 35.3 Å². The van der Waals surface area contributed by atoms with Gasteiger partial charge in [-0.15, -0.1) is 0 Å². The fourth-order valence-electron chi connectivity index (χ4n) is 4.58. The first-order chi connectivity index (χ1) is 19.4. The lowest BCUT2D eigenvalue weighted by atomic mass is 10.0. The number of hydrogen-bond acceptors (Lipinski definition) is 5. The molecule has 4 aromatic carbocycles. The molecule has 0 saturated carbocycles. The van der Waals surface area contributed by atoms with E-state index in [1.165, 1.54) is 13.2 Å². The van der Waals surface area contributed by atoms with E-state index >= 15 is 0 Å². The van der Waals surface area contributed by atoms with E-state index in [2.05, 4.69) is 0 Å². The number of aryl methyl sites for hydroxylation is 2. The Morgan fingerprint density at radius 3 is 1.77 bits per heavy atom. The lowest BCUT2D eigenvalue weighted by molar-refractivity contribution is -0.121. The van der Waals surface area contributed by atoms with Gasteiger partial charge in [0.05, 0.1) is 18.5 Å². The molecule has 1 aliphatic heterocycles. The van der Waals surface area contributed by atoms with E-state index in [9.17, 15) is 14.4 Å². The number of benzene rings is 4. The first-order valence-electron chi connectivity index (χ1n) is 12.8. The Hall–Kier alpha value is -5.17. The molecule has 1 fully saturated rings. The van der Waals surface area contributed by atoms with Crippen molar-refractivity contribution in [2.24, 2.45) is 0 Å². The van der Waals surface area contributed by atoms with Gasteiger partial charge in [-0.25, -0.2) is 14.6 Å². The summed E-state index contributed by atoms with van der Waals surface area (Å²) < 4.78 is 11.5. The molecule has 5 rings (SSSR count). The van der Waals surface area contributed by atoms with Crippen LogP contribution in [0.25, 0.3) is 6.08 Å². The minimum absolute atomic E-state index is 0.147. The maximum Gasteiger partial charge on any atom is 0.343 e. The molecule has 200 valence electrons. The molecule has 1 aliphatic rings. The van der Waals surface area contributed by atoms with Crippen molar-refractivity contribution < 1.29 is 23.9 Å². The molecular weight excluding hydrogens is 504 g/mol. The van der Waals surface area contributed by atoms with Gasteiger partial charge in [-0.2, -0.15) is 0 Å². The topological polar surface area (TPSA) is 76.2 Å². The molecule has 7 nitrogen and oxygen atoms in total. The SMILES string of the molecule is COc1cc(C=C2C(=O)N(c3ccccc3C)C(=O)N(c3ccccc3C)C2=O)ccc1OCc1ccccc1. The number of carbonyl (C=O) groups is 3. The molecule has 4 aromatic rings. The number of para-hydroxylation sites is 2. The van der Waals surface area contributed by atoms with Crippen LogP contribution in [0.15, 0.2) is 103 Å². The Bertz CT molecular complexity index is 1560. The Morgan fingerprint density at radius 1 is 0.675 bits per heavy atom. The van der Waals surface area contributed by atoms with Crippen LogP contribution in [0.4, 0.5) is 16.2 Å². The lowest BCUT2D eigenvalue weighted by Crippen LogP contribution is -2.57. The summed E-state index contributed by atoms with van der Waals surface area (Å²) in [6.45, 7) is 3.98. The Labute approximate surface area is 232 Å². The zero-order valence-electron chi connectivity index (χ0n) is 22.5. The molecule has 0 N–H and O–H groups in total. The highest BCUT2D eigenvalue weighted by Crippen LogP contribution is 2.34. The van der Waals surface area contributed by atoms with Gasteiger partial charge < -0.3 is 9.47 Å². The summed E-state index contributed by atoms with van der Waals surface area (Å²) in [5.41, 5.74) is 3.68. The zero-order chi connectivity index (χ0) is 28.2. The molecule has 1 saturated heterocycles. The van der Waals surface area contributed by atoms with Gasteiger partial charge in [0.15, 0.2) is 11.5 Å². The van der Waals surface area contributed by atoms with Gasteiger partial charge in [0, 0.05) is 0 Å². The highest BCUT2D eigenvalue weighted by atomic mass is 16.5. The number of rotatable bonds is 7. The average Bonchev–Trinajstić information content (AvgIpc) is 2.97. The standard InChI is InChI=1S/C33H28N2O5/c1-22-11-7-9-15-27(22)34-31(36)26(32(37)35(33(34)38)28-16-10-8-12-23(28)2)19-25-17-18-29(30(20-25)39-3)40-21-24-13-5-4-6-14-24/h4-20H,21H2,1-3H3. The minimum Gasteiger partial charge on any atom is -0.493 e. The summed E-state index contributed by atoms with van der Waals surface area (Å²) in [4.78, 5) is 43.4. The van der Waals surface area contributed by atoms with Crippen LogP contribution in [0.1, 0.15) is 22.3 Å². The molecule has 7 heteroatoms. The molecule has 1 heterocycles. The number of amides is 4. The molecule has 0 unspecified atom stereocenters. The number of imide groups is 2. The second kappa shape index (κ2) is 11.3. The summed E-state index contributed by atoms with van der Waals surface area (Å²) >= 11 is 0. The molecule has 0 aromatic heterocycles. The van der Waals surface area contributed by atoms with Crippen LogP contribution >= 0.6 is 0 Å². The number of carbonyl (C=O) groups excluding carboxylic acids is 3. The third-order valence-electron chi connectivity index (χ3n) is 6.70. The summed E-state index contributed by atoms with van der Waals surface area (Å²) in [6.07, 6.45) is 1.48. The third kappa shape index (κ3) is 5.09. The van der Waals surface area contributed by atoms with Crippen LogP contribution in [-0.2, 0) is 16.2 Å². The van der Waals surface area contributed by atoms with Gasteiger partial charge in [-0.05, 0) is 66.4 Å². The predicted molar refractivity (Wildman–Crippen MR) is 154 cm³/mol. The van der Waals surface area contributed by atoms with Gasteiger partial charge in [0.2, 0.25) is 0 Å². The van der Waals surface area contributed by atoms with Gasteiger partial charge in [0.1, 0.15) is 12.2 Å². The van der Waals surface area contributed by atoms with E-state index in [1.54, 1.807) is 42.5 Å². The van der Waals surface area contributed by atoms with Crippen molar-refractivity contribution in [2.75, 3.05) is 16.9 Å². The van der Waals surface area contributed by atoms with Crippen LogP contribution in [0.3, 0.4) is 0 Å². The molecule has 40 heavy (non-hydrogen) atoms. The van der Waals surface area contributed by atoms with Crippen molar-refractivity contribution in [3.8, 4) is 11.5 Å². The molecular formula is C33H28N2O5. The zero-order valence-corrected chi connectivity index (χ0v) is 22.5. The monoisotopic (exact) mass is 532 g/mol. The fourth-order valence-corrected chi connectivity index (χ4v) is 4.58. The van der Waals surface area contributed by atoms with Crippen molar-refractivity contribution in [1.29, 1.82) is 0 Å². The Balaban J connectivity index is 1.55. The third-order valence-corrected chi connectivity index (χ3v) is 6.70. The maximum atomic E-state index is 13.8. The molecule has 0 bridgehead atoms. The van der Waals surface area contributed by atoms with Crippen LogP contribution < -0.4 is 19.3 Å². The lowest BCUT2D eigenvalue weighted by Gasteiger charge is -2.35. The number of anilines is 2. The van der Waals surface area contributed by atoms with Gasteiger partial charge in [0.25, 0.3) is 11.8 Å². The highest BCUT2D eigenvalue weighted by Gasteiger charge is 2.44. The molecule has 0 radical (unpaired) electrons. The number of hydrogen-bond donors (Lipinski definition) is 0. The number of methoxy groups -OCH3 is 1. The number of barbiturate groups is 1. The first kappa shape index (κ1) is 26.4. The second-order valence-corrected chi connectivity index (χ2v) is 9.38.